The summed E-state index contributed by atoms with van der Waals surface area (Å²) in [5.74, 6) is 0.0751. The van der Waals surface area contributed by atoms with Gasteiger partial charge in [-0.2, -0.15) is 0 Å². The fourth-order valence-corrected chi connectivity index (χ4v) is 1.64. The number of aromatic hydroxyl groups is 1. The van der Waals surface area contributed by atoms with Gasteiger partial charge in [0.2, 0.25) is 0 Å². The molecule has 0 aliphatic rings. The van der Waals surface area contributed by atoms with Gasteiger partial charge >= 0.3 is 0 Å². The van der Waals surface area contributed by atoms with Crippen LogP contribution < -0.4 is 0 Å². The zero-order valence-electron chi connectivity index (χ0n) is 9.51. The van der Waals surface area contributed by atoms with Crippen molar-refractivity contribution in [1.82, 2.24) is 0 Å². The van der Waals surface area contributed by atoms with E-state index in [1.54, 1.807) is 48.5 Å². The maximum Gasteiger partial charge on any atom is 0.185 e. The Labute approximate surface area is 110 Å². The van der Waals surface area contributed by atoms with Gasteiger partial charge in [0.25, 0.3) is 0 Å². The largest absolute Gasteiger partial charge is 0.508 e. The van der Waals surface area contributed by atoms with Crippen molar-refractivity contribution in [2.45, 2.75) is 0 Å². The molecule has 2 aromatic rings. The predicted molar refractivity (Wildman–Crippen MR) is 72.9 cm³/mol. The summed E-state index contributed by atoms with van der Waals surface area (Å²) >= 11 is 5.75. The molecule has 0 fully saturated rings. The second-order valence-electron chi connectivity index (χ2n) is 3.80. The van der Waals surface area contributed by atoms with Gasteiger partial charge in [0.05, 0.1) is 0 Å². The first-order chi connectivity index (χ1) is 8.65. The third kappa shape index (κ3) is 3.22. The molecule has 0 aliphatic carbocycles. The number of halogens is 1. The van der Waals surface area contributed by atoms with Crippen LogP contribution in [0.1, 0.15) is 15.9 Å². The second kappa shape index (κ2) is 5.52. The summed E-state index contributed by atoms with van der Waals surface area (Å²) in [5.41, 5.74) is 1.35. The molecule has 0 aromatic heterocycles. The number of rotatable bonds is 3. The number of phenolic OH excluding ortho intramolecular Hbond substituents is 1. The van der Waals surface area contributed by atoms with Gasteiger partial charge in [-0.25, -0.2) is 0 Å². The minimum Gasteiger partial charge on any atom is -0.508 e. The monoisotopic (exact) mass is 258 g/mol. The Morgan fingerprint density at radius 3 is 2.50 bits per heavy atom. The SMILES string of the molecule is O=C(/C=C/c1cccc(O)c1)c1ccc(Cl)cc1. The van der Waals surface area contributed by atoms with Gasteiger partial charge in [-0.1, -0.05) is 29.8 Å². The molecular weight excluding hydrogens is 248 g/mol. The van der Waals surface area contributed by atoms with E-state index in [0.717, 1.165) is 5.56 Å². The van der Waals surface area contributed by atoms with Crippen LogP contribution in [-0.2, 0) is 0 Å². The number of carbonyl (C=O) groups excluding carboxylic acids is 1. The van der Waals surface area contributed by atoms with Crippen molar-refractivity contribution in [3.8, 4) is 5.75 Å². The fraction of sp³-hybridized carbons (Fsp3) is 0. The third-order valence-corrected chi connectivity index (χ3v) is 2.68. The molecule has 0 bridgehead atoms. The zero-order chi connectivity index (χ0) is 13.0. The molecule has 18 heavy (non-hydrogen) atoms. The van der Waals surface area contributed by atoms with Crippen molar-refractivity contribution >= 4 is 23.5 Å². The van der Waals surface area contributed by atoms with E-state index in [-0.39, 0.29) is 11.5 Å². The van der Waals surface area contributed by atoms with E-state index in [4.69, 9.17) is 11.6 Å². The molecule has 0 radical (unpaired) electrons. The Morgan fingerprint density at radius 2 is 1.83 bits per heavy atom. The van der Waals surface area contributed by atoms with E-state index >= 15 is 0 Å². The second-order valence-corrected chi connectivity index (χ2v) is 4.24. The topological polar surface area (TPSA) is 37.3 Å². The average Bonchev–Trinajstić information content (AvgIpc) is 2.37. The molecular formula is C15H11ClO2. The van der Waals surface area contributed by atoms with E-state index in [2.05, 4.69) is 0 Å². The molecule has 0 atom stereocenters. The normalized spacial score (nSPS) is 10.7. The van der Waals surface area contributed by atoms with Crippen molar-refractivity contribution in [3.05, 3.63) is 70.8 Å². The van der Waals surface area contributed by atoms with Gasteiger partial charge in [-0.3, -0.25) is 4.79 Å². The lowest BCUT2D eigenvalue weighted by molar-refractivity contribution is 0.104. The summed E-state index contributed by atoms with van der Waals surface area (Å²) in [5, 5.41) is 9.89. The quantitative estimate of drug-likeness (QED) is 0.669. The van der Waals surface area contributed by atoms with E-state index in [1.165, 1.54) is 6.08 Å². The highest BCUT2D eigenvalue weighted by Gasteiger charge is 2.00. The van der Waals surface area contributed by atoms with Gasteiger partial charge in [0.1, 0.15) is 5.75 Å². The Morgan fingerprint density at radius 1 is 1.11 bits per heavy atom. The van der Waals surface area contributed by atoms with Crippen molar-refractivity contribution < 1.29 is 9.90 Å². The van der Waals surface area contributed by atoms with E-state index < -0.39 is 0 Å². The summed E-state index contributed by atoms with van der Waals surface area (Å²) in [6, 6.07) is 13.4. The summed E-state index contributed by atoms with van der Waals surface area (Å²) in [7, 11) is 0. The lowest BCUT2D eigenvalue weighted by Crippen LogP contribution is -1.92. The molecule has 2 nitrogen and oxygen atoms in total. The lowest BCUT2D eigenvalue weighted by Gasteiger charge is -1.97. The highest BCUT2D eigenvalue weighted by molar-refractivity contribution is 6.30. The Kier molecular flexibility index (Phi) is 3.80. The van der Waals surface area contributed by atoms with Crippen LogP contribution >= 0.6 is 11.6 Å². The standard InChI is InChI=1S/C15H11ClO2/c16-13-7-5-12(6-8-13)15(18)9-4-11-2-1-3-14(17)10-11/h1-10,17H/b9-4+. The number of phenols is 1. The van der Waals surface area contributed by atoms with Crippen molar-refractivity contribution in [2.24, 2.45) is 0 Å². The van der Waals surface area contributed by atoms with E-state index in [9.17, 15) is 9.90 Å². The summed E-state index contributed by atoms with van der Waals surface area (Å²) in [6.45, 7) is 0. The minimum atomic E-state index is -0.102. The van der Waals surface area contributed by atoms with Crippen LogP contribution in [0.15, 0.2) is 54.6 Å². The van der Waals surface area contributed by atoms with Crippen LogP contribution in [0.25, 0.3) is 6.08 Å². The molecule has 0 unspecified atom stereocenters. The Bertz CT molecular complexity index is 586. The van der Waals surface area contributed by atoms with Crippen LogP contribution in [-0.4, -0.2) is 10.9 Å². The number of benzene rings is 2. The van der Waals surface area contributed by atoms with E-state index in [0.29, 0.717) is 10.6 Å². The molecule has 0 saturated heterocycles. The van der Waals surface area contributed by atoms with Crippen molar-refractivity contribution in [2.75, 3.05) is 0 Å². The number of carbonyl (C=O) groups is 1. The summed E-state index contributed by atoms with van der Waals surface area (Å²) in [6.07, 6.45) is 3.13. The predicted octanol–water partition coefficient (Wildman–Crippen LogP) is 3.94. The van der Waals surface area contributed by atoms with Crippen molar-refractivity contribution in [1.29, 1.82) is 0 Å². The molecule has 1 N–H and O–H groups in total. The number of allylic oxidation sites excluding steroid dienone is 1. The average molecular weight is 259 g/mol. The molecule has 0 heterocycles. The molecule has 2 aromatic carbocycles. The maximum atomic E-state index is 11.8. The van der Waals surface area contributed by atoms with Crippen LogP contribution in [0.2, 0.25) is 5.02 Å². The zero-order valence-corrected chi connectivity index (χ0v) is 10.3. The lowest BCUT2D eigenvalue weighted by atomic mass is 10.1. The van der Waals surface area contributed by atoms with Crippen LogP contribution in [0.5, 0.6) is 5.75 Å². The Hall–Kier alpha value is -2.06. The molecule has 0 spiro atoms. The molecule has 2 rings (SSSR count). The smallest absolute Gasteiger partial charge is 0.185 e. The molecule has 0 amide bonds. The van der Waals surface area contributed by atoms with Crippen molar-refractivity contribution in [3.63, 3.8) is 0 Å². The van der Waals surface area contributed by atoms with Crippen LogP contribution in [0.3, 0.4) is 0 Å². The van der Waals surface area contributed by atoms with Crippen LogP contribution in [0.4, 0.5) is 0 Å². The fourth-order valence-electron chi connectivity index (χ4n) is 1.51. The van der Waals surface area contributed by atoms with Gasteiger partial charge in [0.15, 0.2) is 5.78 Å². The molecule has 90 valence electrons. The Balaban J connectivity index is 2.14. The summed E-state index contributed by atoms with van der Waals surface area (Å²) in [4.78, 5) is 11.8. The molecule has 3 heteroatoms. The minimum absolute atomic E-state index is 0.102. The first-order valence-corrected chi connectivity index (χ1v) is 5.80. The summed E-state index contributed by atoms with van der Waals surface area (Å²) < 4.78 is 0. The van der Waals surface area contributed by atoms with E-state index in [1.807, 2.05) is 6.07 Å². The van der Waals surface area contributed by atoms with Gasteiger partial charge in [-0.05, 0) is 48.0 Å². The molecule has 0 saturated carbocycles. The molecule has 0 aliphatic heterocycles. The maximum absolute atomic E-state index is 11.8. The van der Waals surface area contributed by atoms with Gasteiger partial charge in [0, 0.05) is 10.6 Å². The number of hydrogen-bond acceptors (Lipinski definition) is 2. The third-order valence-electron chi connectivity index (χ3n) is 2.43. The number of hydrogen-bond donors (Lipinski definition) is 1. The first kappa shape index (κ1) is 12.4. The number of ketones is 1. The van der Waals surface area contributed by atoms with Crippen LogP contribution in [0, 0.1) is 0 Å². The van der Waals surface area contributed by atoms with Gasteiger partial charge in [-0.15, -0.1) is 0 Å². The highest BCUT2D eigenvalue weighted by atomic mass is 35.5. The van der Waals surface area contributed by atoms with Gasteiger partial charge < -0.3 is 5.11 Å². The first-order valence-electron chi connectivity index (χ1n) is 5.42. The highest BCUT2D eigenvalue weighted by Crippen LogP contribution is 2.14.